The Morgan fingerprint density at radius 3 is 2.83 bits per heavy atom. The smallest absolute Gasteiger partial charge is 0.146 e. The van der Waals surface area contributed by atoms with Crippen LogP contribution >= 0.6 is 12.2 Å². The minimum atomic E-state index is -0.286. The van der Waals surface area contributed by atoms with Gasteiger partial charge in [0.05, 0.1) is 5.69 Å². The number of nitrogens with one attached hydrogen (secondary N) is 1. The summed E-state index contributed by atoms with van der Waals surface area (Å²) in [7, 11) is 0. The largest absolute Gasteiger partial charge is 0.389 e. The number of halogens is 1. The Bertz CT molecular complexity index is 447. The first-order valence-corrected chi connectivity index (χ1v) is 6.80. The van der Waals surface area contributed by atoms with E-state index >= 15 is 0 Å². The maximum Gasteiger partial charge on any atom is 0.146 e. The average Bonchev–Trinajstić information content (AvgIpc) is 2.73. The van der Waals surface area contributed by atoms with Gasteiger partial charge in [0.1, 0.15) is 10.8 Å². The highest BCUT2D eigenvalue weighted by atomic mass is 32.1. The van der Waals surface area contributed by atoms with Crippen molar-refractivity contribution in [3.63, 3.8) is 0 Å². The monoisotopic (exact) mass is 266 g/mol. The van der Waals surface area contributed by atoms with Crippen LogP contribution in [0.5, 0.6) is 0 Å². The number of hydrogen-bond donors (Lipinski definition) is 2. The lowest BCUT2D eigenvalue weighted by Gasteiger charge is -2.13. The summed E-state index contributed by atoms with van der Waals surface area (Å²) in [6.07, 6.45) is 3.76. The van der Waals surface area contributed by atoms with Gasteiger partial charge in [0, 0.05) is 12.1 Å². The average molecular weight is 266 g/mol. The van der Waals surface area contributed by atoms with E-state index in [0.717, 1.165) is 12.5 Å². The van der Waals surface area contributed by atoms with Crippen LogP contribution in [0.4, 0.5) is 10.1 Å². The quantitative estimate of drug-likeness (QED) is 0.821. The zero-order valence-electron chi connectivity index (χ0n) is 10.6. The fraction of sp³-hybridized carbons (Fsp3) is 0.500. The molecule has 0 saturated heterocycles. The van der Waals surface area contributed by atoms with Gasteiger partial charge in [-0.05, 0) is 42.9 Å². The highest BCUT2D eigenvalue weighted by Gasteiger charge is 2.21. The van der Waals surface area contributed by atoms with Crippen molar-refractivity contribution in [2.24, 2.45) is 17.6 Å². The molecule has 2 atom stereocenters. The minimum absolute atomic E-state index is 0.227. The molecule has 2 unspecified atom stereocenters. The molecule has 1 aliphatic carbocycles. The molecule has 2 rings (SSSR count). The fourth-order valence-corrected chi connectivity index (χ4v) is 2.70. The number of thiocarbonyl (C=S) groups is 1. The molecule has 1 aliphatic rings. The summed E-state index contributed by atoms with van der Waals surface area (Å²) in [6.45, 7) is 3.12. The standard InChI is InChI=1S/C14H19FN2S/c1-9-2-3-10(6-9)8-17-13-5-4-11(14(16)18)7-12(13)15/h4-5,7,9-10,17H,2-3,6,8H2,1H3,(H2,16,18). The van der Waals surface area contributed by atoms with E-state index in [0.29, 0.717) is 17.2 Å². The molecule has 1 aromatic carbocycles. The first kappa shape index (κ1) is 13.3. The first-order valence-electron chi connectivity index (χ1n) is 6.39. The molecule has 0 radical (unpaired) electrons. The van der Waals surface area contributed by atoms with E-state index in [4.69, 9.17) is 18.0 Å². The van der Waals surface area contributed by atoms with Crippen LogP contribution in [0.25, 0.3) is 0 Å². The second kappa shape index (κ2) is 5.65. The predicted molar refractivity (Wildman–Crippen MR) is 77.3 cm³/mol. The zero-order chi connectivity index (χ0) is 13.1. The Hall–Kier alpha value is -1.16. The molecule has 4 heteroatoms. The summed E-state index contributed by atoms with van der Waals surface area (Å²) >= 11 is 4.82. The third kappa shape index (κ3) is 3.19. The highest BCUT2D eigenvalue weighted by Crippen LogP contribution is 2.30. The fourth-order valence-electron chi connectivity index (χ4n) is 2.58. The molecule has 2 nitrogen and oxygen atoms in total. The molecule has 0 aromatic heterocycles. The van der Waals surface area contributed by atoms with Gasteiger partial charge in [-0.25, -0.2) is 4.39 Å². The summed E-state index contributed by atoms with van der Waals surface area (Å²) in [5.41, 5.74) is 6.57. The molecule has 0 aliphatic heterocycles. The lowest BCUT2D eigenvalue weighted by Crippen LogP contribution is -2.14. The van der Waals surface area contributed by atoms with Crippen molar-refractivity contribution >= 4 is 22.9 Å². The van der Waals surface area contributed by atoms with Crippen LogP contribution in [0.15, 0.2) is 18.2 Å². The molecule has 0 spiro atoms. The summed E-state index contributed by atoms with van der Waals surface area (Å²) in [5.74, 6) is 1.18. The van der Waals surface area contributed by atoms with Crippen molar-refractivity contribution in [1.29, 1.82) is 0 Å². The van der Waals surface area contributed by atoms with Crippen LogP contribution in [0.1, 0.15) is 31.7 Å². The summed E-state index contributed by atoms with van der Waals surface area (Å²) in [6, 6.07) is 4.86. The third-order valence-electron chi connectivity index (χ3n) is 3.64. The topological polar surface area (TPSA) is 38.0 Å². The Kier molecular flexibility index (Phi) is 4.17. The molecule has 0 amide bonds. The number of hydrogen-bond acceptors (Lipinski definition) is 2. The van der Waals surface area contributed by atoms with Crippen molar-refractivity contribution in [2.75, 3.05) is 11.9 Å². The maximum absolute atomic E-state index is 13.8. The second-order valence-electron chi connectivity index (χ2n) is 5.22. The van der Waals surface area contributed by atoms with E-state index in [2.05, 4.69) is 12.2 Å². The highest BCUT2D eigenvalue weighted by molar-refractivity contribution is 7.80. The molecule has 1 fully saturated rings. The van der Waals surface area contributed by atoms with Crippen LogP contribution in [-0.2, 0) is 0 Å². The Morgan fingerprint density at radius 1 is 1.50 bits per heavy atom. The van der Waals surface area contributed by atoms with Crippen molar-refractivity contribution < 1.29 is 4.39 Å². The van der Waals surface area contributed by atoms with Crippen LogP contribution in [0.2, 0.25) is 0 Å². The van der Waals surface area contributed by atoms with Gasteiger partial charge in [0.15, 0.2) is 0 Å². The first-order chi connectivity index (χ1) is 8.56. The maximum atomic E-state index is 13.8. The SMILES string of the molecule is CC1CCC(CNc2ccc(C(N)=S)cc2F)C1. The van der Waals surface area contributed by atoms with Gasteiger partial charge in [-0.15, -0.1) is 0 Å². The van der Waals surface area contributed by atoms with E-state index in [1.165, 1.54) is 25.3 Å². The Morgan fingerprint density at radius 2 is 2.28 bits per heavy atom. The molecule has 0 bridgehead atoms. The molecule has 1 saturated carbocycles. The molecule has 3 N–H and O–H groups in total. The lowest BCUT2D eigenvalue weighted by molar-refractivity contribution is 0.535. The third-order valence-corrected chi connectivity index (χ3v) is 3.87. The number of rotatable bonds is 4. The molecular weight excluding hydrogens is 247 g/mol. The van der Waals surface area contributed by atoms with Crippen molar-refractivity contribution in [3.8, 4) is 0 Å². The van der Waals surface area contributed by atoms with E-state index in [-0.39, 0.29) is 10.8 Å². The van der Waals surface area contributed by atoms with Crippen LogP contribution in [0, 0.1) is 17.7 Å². The van der Waals surface area contributed by atoms with Gasteiger partial charge in [-0.1, -0.05) is 25.6 Å². The van der Waals surface area contributed by atoms with Gasteiger partial charge in [0.2, 0.25) is 0 Å². The van der Waals surface area contributed by atoms with Gasteiger partial charge >= 0.3 is 0 Å². The second-order valence-corrected chi connectivity index (χ2v) is 5.66. The van der Waals surface area contributed by atoms with Gasteiger partial charge < -0.3 is 11.1 Å². The minimum Gasteiger partial charge on any atom is -0.389 e. The van der Waals surface area contributed by atoms with E-state index in [1.54, 1.807) is 12.1 Å². The van der Waals surface area contributed by atoms with E-state index in [9.17, 15) is 4.39 Å². The van der Waals surface area contributed by atoms with E-state index in [1.807, 2.05) is 0 Å². The summed E-state index contributed by atoms with van der Waals surface area (Å²) < 4.78 is 13.8. The summed E-state index contributed by atoms with van der Waals surface area (Å²) in [4.78, 5) is 0.227. The van der Waals surface area contributed by atoms with Gasteiger partial charge in [-0.2, -0.15) is 0 Å². The number of anilines is 1. The van der Waals surface area contributed by atoms with Crippen molar-refractivity contribution in [3.05, 3.63) is 29.6 Å². The van der Waals surface area contributed by atoms with Gasteiger partial charge in [0.25, 0.3) is 0 Å². The predicted octanol–water partition coefficient (Wildman–Crippen LogP) is 3.31. The van der Waals surface area contributed by atoms with Crippen molar-refractivity contribution in [1.82, 2.24) is 0 Å². The molecule has 1 aromatic rings. The molecular formula is C14H19FN2S. The van der Waals surface area contributed by atoms with Crippen molar-refractivity contribution in [2.45, 2.75) is 26.2 Å². The Labute approximate surface area is 113 Å². The van der Waals surface area contributed by atoms with Crippen LogP contribution < -0.4 is 11.1 Å². The summed E-state index contributed by atoms with van der Waals surface area (Å²) in [5, 5.41) is 3.18. The molecule has 98 valence electrons. The Balaban J connectivity index is 1.95. The zero-order valence-corrected chi connectivity index (χ0v) is 11.4. The number of benzene rings is 1. The van der Waals surface area contributed by atoms with Crippen LogP contribution in [0.3, 0.4) is 0 Å². The normalized spacial score (nSPS) is 23.0. The van der Waals surface area contributed by atoms with Gasteiger partial charge in [-0.3, -0.25) is 0 Å². The number of nitrogens with two attached hydrogens (primary N) is 1. The molecule has 0 heterocycles. The van der Waals surface area contributed by atoms with E-state index < -0.39 is 0 Å². The molecule has 18 heavy (non-hydrogen) atoms. The lowest BCUT2D eigenvalue weighted by atomic mass is 10.1. The van der Waals surface area contributed by atoms with Crippen LogP contribution in [-0.4, -0.2) is 11.5 Å².